The van der Waals surface area contributed by atoms with Gasteiger partial charge in [0.05, 0.1) is 6.10 Å². The lowest BCUT2D eigenvalue weighted by Crippen LogP contribution is -2.67. The predicted molar refractivity (Wildman–Crippen MR) is 127 cm³/mol. The third-order valence-corrected chi connectivity index (χ3v) is 10.7. The van der Waals surface area contributed by atoms with Gasteiger partial charge in [0.15, 0.2) is 0 Å². The van der Waals surface area contributed by atoms with Crippen molar-refractivity contribution < 1.29 is 9.53 Å². The van der Waals surface area contributed by atoms with E-state index in [4.69, 9.17) is 4.43 Å². The number of hydrogen-bond donors (Lipinski definition) is 1. The van der Waals surface area contributed by atoms with Gasteiger partial charge in [-0.25, -0.2) is 0 Å². The Kier molecular flexibility index (Phi) is 8.20. The molecule has 2 nitrogen and oxygen atoms in total. The fraction of sp³-hybridized carbons (Fsp3) is 0.385. The van der Waals surface area contributed by atoms with E-state index < -0.39 is 14.4 Å². The highest BCUT2D eigenvalue weighted by molar-refractivity contribution is 6.99. The van der Waals surface area contributed by atoms with Gasteiger partial charge in [-0.05, 0) is 15.4 Å². The number of benzene rings is 2. The zero-order valence-corrected chi connectivity index (χ0v) is 19.5. The van der Waals surface area contributed by atoms with Gasteiger partial charge >= 0.3 is 0 Å². The lowest BCUT2D eigenvalue weighted by atomic mass is 9.94. The van der Waals surface area contributed by atoms with Crippen LogP contribution in [0, 0.1) is 11.8 Å². The summed E-state index contributed by atoms with van der Waals surface area (Å²) in [6.07, 6.45) is 5.16. The molecule has 3 heteroatoms. The molecule has 0 aliphatic rings. The van der Waals surface area contributed by atoms with E-state index in [-0.39, 0.29) is 16.9 Å². The second-order valence-corrected chi connectivity index (χ2v) is 13.2. The summed E-state index contributed by atoms with van der Waals surface area (Å²) < 4.78 is 6.94. The van der Waals surface area contributed by atoms with Crippen LogP contribution in [0.3, 0.4) is 0 Å². The van der Waals surface area contributed by atoms with Gasteiger partial charge in [0.25, 0.3) is 8.32 Å². The topological polar surface area (TPSA) is 29.5 Å². The molecule has 0 aromatic heterocycles. The Bertz CT molecular complexity index is 738. The van der Waals surface area contributed by atoms with Crippen LogP contribution in [0.25, 0.3) is 0 Å². The van der Waals surface area contributed by atoms with E-state index in [1.54, 1.807) is 6.08 Å². The van der Waals surface area contributed by atoms with Gasteiger partial charge in [0.1, 0.15) is 0 Å². The Morgan fingerprint density at radius 3 is 1.86 bits per heavy atom. The summed E-state index contributed by atoms with van der Waals surface area (Å²) in [6, 6.07) is 21.3. The molecule has 0 unspecified atom stereocenters. The van der Waals surface area contributed by atoms with Crippen LogP contribution in [0.4, 0.5) is 0 Å². The van der Waals surface area contributed by atoms with Crippen molar-refractivity contribution in [2.45, 2.75) is 45.8 Å². The molecule has 1 N–H and O–H groups in total. The monoisotopic (exact) mass is 408 g/mol. The molecule has 3 atom stereocenters. The number of aliphatic hydroxyl groups is 1. The Hall–Kier alpha value is -1.94. The maximum Gasteiger partial charge on any atom is 0.261 e. The third kappa shape index (κ3) is 5.36. The first kappa shape index (κ1) is 23.3. The van der Waals surface area contributed by atoms with Crippen molar-refractivity contribution in [3.8, 4) is 0 Å². The molecular formula is C26H36O2Si. The molecule has 0 saturated carbocycles. The maximum absolute atomic E-state index is 10.8. The summed E-state index contributed by atoms with van der Waals surface area (Å²) >= 11 is 0. The molecule has 0 bridgehead atoms. The van der Waals surface area contributed by atoms with Gasteiger partial charge in [-0.1, -0.05) is 120 Å². The van der Waals surface area contributed by atoms with Crippen LogP contribution in [0.2, 0.25) is 5.04 Å². The maximum atomic E-state index is 10.8. The molecule has 0 heterocycles. The molecule has 0 spiro atoms. The Labute approximate surface area is 178 Å². The summed E-state index contributed by atoms with van der Waals surface area (Å²) in [5.41, 5.74) is 0. The van der Waals surface area contributed by atoms with Crippen molar-refractivity contribution in [3.05, 3.63) is 85.5 Å². The summed E-state index contributed by atoms with van der Waals surface area (Å²) in [4.78, 5) is 0. The third-order valence-electron chi connectivity index (χ3n) is 5.65. The smallest absolute Gasteiger partial charge is 0.261 e. The zero-order chi connectivity index (χ0) is 21.5. The summed E-state index contributed by atoms with van der Waals surface area (Å²) in [5.74, 6) is 0.0619. The summed E-state index contributed by atoms with van der Waals surface area (Å²) in [6.45, 7) is 15.1. The summed E-state index contributed by atoms with van der Waals surface area (Å²) in [5, 5.41) is 13.3. The van der Waals surface area contributed by atoms with Crippen molar-refractivity contribution in [1.29, 1.82) is 0 Å². The quantitative estimate of drug-likeness (QED) is 0.470. The van der Waals surface area contributed by atoms with Crippen LogP contribution in [-0.2, 0) is 4.43 Å². The van der Waals surface area contributed by atoms with Crippen molar-refractivity contribution in [3.63, 3.8) is 0 Å². The van der Waals surface area contributed by atoms with Crippen LogP contribution in [-0.4, -0.2) is 26.1 Å². The molecule has 0 amide bonds. The van der Waals surface area contributed by atoms with Crippen LogP contribution >= 0.6 is 0 Å². The molecule has 29 heavy (non-hydrogen) atoms. The zero-order valence-electron chi connectivity index (χ0n) is 18.5. The molecule has 156 valence electrons. The highest BCUT2D eigenvalue weighted by atomic mass is 28.4. The molecule has 0 radical (unpaired) electrons. The van der Waals surface area contributed by atoms with Crippen molar-refractivity contribution >= 4 is 18.7 Å². The van der Waals surface area contributed by atoms with Gasteiger partial charge in [-0.2, -0.15) is 0 Å². The fourth-order valence-corrected chi connectivity index (χ4v) is 8.67. The van der Waals surface area contributed by atoms with Crippen molar-refractivity contribution in [2.24, 2.45) is 11.8 Å². The minimum absolute atomic E-state index is 0.0149. The first-order valence-corrected chi connectivity index (χ1v) is 12.4. The van der Waals surface area contributed by atoms with Gasteiger partial charge in [0.2, 0.25) is 0 Å². The largest absolute Gasteiger partial charge is 0.407 e. The van der Waals surface area contributed by atoms with E-state index in [1.165, 1.54) is 10.4 Å². The Balaban J connectivity index is 2.41. The van der Waals surface area contributed by atoms with E-state index in [1.807, 2.05) is 19.1 Å². The second kappa shape index (κ2) is 10.2. The average molecular weight is 409 g/mol. The number of hydrogen-bond acceptors (Lipinski definition) is 2. The predicted octanol–water partition coefficient (Wildman–Crippen LogP) is 4.94. The standard InChI is InChI=1S/C26H36O2Si/c1-7-8-15-21(2)25(27)22(3)20-28-29(26(4,5)6,23-16-11-9-12-17-23)24-18-13-10-14-19-24/h7-19,21-22,25,27H,1,20H2,2-6H3/b15-8-/t21-,22-,25-/m0/s1. The fourth-order valence-electron chi connectivity index (χ4n) is 4.00. The molecule has 0 fully saturated rings. The first-order valence-electron chi connectivity index (χ1n) is 10.5. The van der Waals surface area contributed by atoms with Gasteiger partial charge < -0.3 is 9.53 Å². The normalized spacial score (nSPS) is 15.8. The molecule has 0 aliphatic carbocycles. The van der Waals surface area contributed by atoms with Crippen LogP contribution in [0.5, 0.6) is 0 Å². The molecule has 2 aromatic carbocycles. The second-order valence-electron chi connectivity index (χ2n) is 8.92. The first-order chi connectivity index (χ1) is 13.7. The van der Waals surface area contributed by atoms with Crippen LogP contribution in [0.1, 0.15) is 34.6 Å². The minimum Gasteiger partial charge on any atom is -0.407 e. The average Bonchev–Trinajstić information content (AvgIpc) is 2.72. The van der Waals surface area contributed by atoms with E-state index in [0.29, 0.717) is 6.61 Å². The lowest BCUT2D eigenvalue weighted by molar-refractivity contribution is 0.0549. The van der Waals surface area contributed by atoms with E-state index in [9.17, 15) is 5.11 Å². The lowest BCUT2D eigenvalue weighted by Gasteiger charge is -2.44. The van der Waals surface area contributed by atoms with Gasteiger partial charge in [0, 0.05) is 18.4 Å². The van der Waals surface area contributed by atoms with Crippen molar-refractivity contribution in [2.75, 3.05) is 6.61 Å². The number of allylic oxidation sites excluding steroid dienone is 2. The minimum atomic E-state index is -2.56. The molecule has 2 rings (SSSR count). The van der Waals surface area contributed by atoms with E-state index in [0.717, 1.165) is 0 Å². The summed E-state index contributed by atoms with van der Waals surface area (Å²) in [7, 11) is -2.56. The highest BCUT2D eigenvalue weighted by Gasteiger charge is 2.50. The van der Waals surface area contributed by atoms with Crippen molar-refractivity contribution in [1.82, 2.24) is 0 Å². The van der Waals surface area contributed by atoms with Gasteiger partial charge in [-0.3, -0.25) is 0 Å². The van der Waals surface area contributed by atoms with E-state index in [2.05, 4.69) is 94.9 Å². The molecular weight excluding hydrogens is 372 g/mol. The van der Waals surface area contributed by atoms with Crippen LogP contribution < -0.4 is 10.4 Å². The molecule has 0 aliphatic heterocycles. The number of rotatable bonds is 9. The Morgan fingerprint density at radius 1 is 0.966 bits per heavy atom. The molecule has 0 saturated heterocycles. The van der Waals surface area contributed by atoms with E-state index >= 15 is 0 Å². The van der Waals surface area contributed by atoms with Crippen LogP contribution in [0.15, 0.2) is 85.5 Å². The Morgan fingerprint density at radius 2 is 1.45 bits per heavy atom. The SMILES string of the molecule is C=C/C=C\[C@H](C)[C@H](O)[C@@H](C)CO[Si](c1ccccc1)(c1ccccc1)C(C)(C)C. The molecule has 2 aromatic rings. The van der Waals surface area contributed by atoms with Gasteiger partial charge in [-0.15, -0.1) is 0 Å². The highest BCUT2D eigenvalue weighted by Crippen LogP contribution is 2.37. The number of aliphatic hydroxyl groups excluding tert-OH is 1.